The number of anilines is 1. The average molecular weight is 349 g/mol. The van der Waals surface area contributed by atoms with Crippen LogP contribution < -0.4 is 5.32 Å². The van der Waals surface area contributed by atoms with Gasteiger partial charge in [-0.2, -0.15) is 0 Å². The molecule has 1 N–H and O–H groups in total. The van der Waals surface area contributed by atoms with Gasteiger partial charge in [0, 0.05) is 35.7 Å². The molecule has 2 saturated heterocycles. The number of hydrogen-bond donors (Lipinski definition) is 1. The molecule has 3 aliphatic heterocycles. The molecule has 2 bridgehead atoms. The van der Waals surface area contributed by atoms with Crippen LogP contribution in [0, 0.1) is 5.92 Å². The highest BCUT2D eigenvalue weighted by molar-refractivity contribution is 5.84. The summed E-state index contributed by atoms with van der Waals surface area (Å²) in [5.41, 5.74) is 6.47. The predicted octanol–water partition coefficient (Wildman–Crippen LogP) is 4.17. The van der Waals surface area contributed by atoms with E-state index in [1.165, 1.54) is 59.4 Å². The molecule has 1 spiro atoms. The first-order chi connectivity index (χ1) is 12.7. The van der Waals surface area contributed by atoms with Crippen LogP contribution in [0.1, 0.15) is 45.1 Å². The Labute approximate surface area is 156 Å². The minimum atomic E-state index is 0.0380. The van der Waals surface area contributed by atoms with Gasteiger partial charge in [0.25, 0.3) is 0 Å². The molecule has 3 nitrogen and oxygen atoms in total. The fourth-order valence-electron chi connectivity index (χ4n) is 6.70. The number of fused-ring (bicyclic) bond motifs is 2. The van der Waals surface area contributed by atoms with E-state index in [1.807, 2.05) is 0 Å². The van der Waals surface area contributed by atoms with E-state index in [1.54, 1.807) is 0 Å². The van der Waals surface area contributed by atoms with E-state index in [0.717, 1.165) is 24.8 Å². The Balaban J connectivity index is 1.76. The summed E-state index contributed by atoms with van der Waals surface area (Å²) in [5, 5.41) is 3.71. The van der Waals surface area contributed by atoms with Crippen molar-refractivity contribution >= 4 is 12.0 Å². The van der Waals surface area contributed by atoms with Gasteiger partial charge in [-0.25, -0.2) is 0 Å². The molecule has 4 atom stereocenters. The van der Waals surface area contributed by atoms with Gasteiger partial charge in [0.2, 0.25) is 0 Å². The van der Waals surface area contributed by atoms with Crippen LogP contribution in [-0.4, -0.2) is 36.4 Å². The van der Waals surface area contributed by atoms with Crippen LogP contribution in [0.4, 0.5) is 5.69 Å². The number of quaternary nitrogens is 1. The van der Waals surface area contributed by atoms with E-state index >= 15 is 0 Å². The highest BCUT2D eigenvalue weighted by Crippen LogP contribution is 2.63. The minimum absolute atomic E-state index is 0.0380. The quantitative estimate of drug-likeness (QED) is 0.502. The molecule has 1 unspecified atom stereocenters. The largest absolute Gasteiger partial charge is 0.357 e. The summed E-state index contributed by atoms with van der Waals surface area (Å²) < 4.78 is 1.23. The lowest BCUT2D eigenvalue weighted by Crippen LogP contribution is -2.63. The number of benzene rings is 1. The van der Waals surface area contributed by atoms with Crippen LogP contribution >= 0.6 is 0 Å². The summed E-state index contributed by atoms with van der Waals surface area (Å²) in [6, 6.07) is 9.39. The molecule has 3 heterocycles. The van der Waals surface area contributed by atoms with Crippen LogP contribution in [0.2, 0.25) is 0 Å². The van der Waals surface area contributed by atoms with Crippen LogP contribution in [0.25, 0.3) is 0 Å². The van der Waals surface area contributed by atoms with E-state index < -0.39 is 0 Å². The van der Waals surface area contributed by atoms with Crippen molar-refractivity contribution < 1.29 is 9.28 Å². The molecule has 0 radical (unpaired) electrons. The topological polar surface area (TPSA) is 29.1 Å². The minimum Gasteiger partial charge on any atom is -0.357 e. The second-order valence-electron chi connectivity index (χ2n) is 8.69. The number of unbranched alkanes of at least 4 members (excludes halogenated alkanes) is 1. The fourth-order valence-corrected chi connectivity index (χ4v) is 6.70. The summed E-state index contributed by atoms with van der Waals surface area (Å²) in [6.45, 7) is 8.12. The van der Waals surface area contributed by atoms with Crippen molar-refractivity contribution in [1.29, 1.82) is 0 Å². The maximum atomic E-state index is 12.2. The molecule has 26 heavy (non-hydrogen) atoms. The van der Waals surface area contributed by atoms with Gasteiger partial charge in [-0.05, 0) is 30.5 Å². The maximum absolute atomic E-state index is 12.2. The first kappa shape index (κ1) is 16.3. The van der Waals surface area contributed by atoms with Gasteiger partial charge < -0.3 is 9.80 Å². The molecule has 1 aromatic rings. The molecule has 2 fully saturated rings. The van der Waals surface area contributed by atoms with Gasteiger partial charge in [-0.1, -0.05) is 37.6 Å². The van der Waals surface area contributed by atoms with E-state index in [0.29, 0.717) is 12.0 Å². The molecule has 0 amide bonds. The maximum Gasteiger partial charge on any atom is 0.148 e. The van der Waals surface area contributed by atoms with Gasteiger partial charge >= 0.3 is 0 Å². The normalized spacial score (nSPS) is 38.2. The van der Waals surface area contributed by atoms with Gasteiger partial charge in [0.1, 0.15) is 18.9 Å². The number of carbonyl (C=O) groups excluding carboxylic acids is 1. The Hall–Kier alpha value is -1.87. The monoisotopic (exact) mass is 349 g/mol. The number of piperidine rings is 1. The number of carbonyl (C=O) groups is 1. The van der Waals surface area contributed by atoms with Crippen LogP contribution in [0.5, 0.6) is 0 Å². The number of nitrogens with one attached hydrogen (secondary N) is 1. The molecule has 3 heteroatoms. The average Bonchev–Trinajstić information content (AvgIpc) is 3.20. The lowest BCUT2D eigenvalue weighted by atomic mass is 9.61. The van der Waals surface area contributed by atoms with E-state index in [9.17, 15) is 4.79 Å². The number of allylic oxidation sites excluding steroid dienone is 2. The summed E-state index contributed by atoms with van der Waals surface area (Å²) in [5.74, 6) is 0.318. The van der Waals surface area contributed by atoms with Crippen LogP contribution in [-0.2, 0) is 10.2 Å². The zero-order chi connectivity index (χ0) is 17.9. The second kappa shape index (κ2) is 5.56. The van der Waals surface area contributed by atoms with Crippen molar-refractivity contribution in [3.8, 4) is 0 Å². The predicted molar refractivity (Wildman–Crippen MR) is 105 cm³/mol. The third kappa shape index (κ3) is 1.80. The number of hydrogen-bond acceptors (Lipinski definition) is 2. The zero-order valence-corrected chi connectivity index (χ0v) is 15.9. The summed E-state index contributed by atoms with van der Waals surface area (Å²) in [6.07, 6.45) is 8.31. The lowest BCUT2D eigenvalue weighted by Gasteiger charge is -2.53. The van der Waals surface area contributed by atoms with Crippen molar-refractivity contribution in [2.75, 3.05) is 25.0 Å². The van der Waals surface area contributed by atoms with Gasteiger partial charge in [-0.3, -0.25) is 4.79 Å². The van der Waals surface area contributed by atoms with E-state index in [2.05, 4.69) is 49.5 Å². The Morgan fingerprint density at radius 1 is 1.35 bits per heavy atom. The van der Waals surface area contributed by atoms with Crippen molar-refractivity contribution in [1.82, 2.24) is 0 Å². The van der Waals surface area contributed by atoms with Gasteiger partial charge in [0.05, 0.1) is 18.5 Å². The lowest BCUT2D eigenvalue weighted by molar-refractivity contribution is -0.941. The molecular formula is C23H29N2O+. The molecule has 1 aromatic carbocycles. The Morgan fingerprint density at radius 2 is 2.19 bits per heavy atom. The first-order valence-corrected chi connectivity index (χ1v) is 10.3. The Morgan fingerprint density at radius 3 is 2.96 bits per heavy atom. The third-order valence-electron chi connectivity index (χ3n) is 7.82. The SMILES string of the molecule is CC=C1C[N+]2(CCCC)CC[C@]34C(=C(C=O)[C@H]1C[C@@H]32)Nc1ccccc14. The smallest absolute Gasteiger partial charge is 0.148 e. The molecule has 136 valence electrons. The molecule has 0 saturated carbocycles. The molecule has 1 aliphatic carbocycles. The Bertz CT molecular complexity index is 838. The number of rotatable bonds is 4. The van der Waals surface area contributed by atoms with E-state index in [4.69, 9.17) is 0 Å². The Kier molecular flexibility index (Phi) is 3.49. The van der Waals surface area contributed by atoms with Crippen molar-refractivity contribution in [3.63, 3.8) is 0 Å². The number of para-hydroxylation sites is 1. The summed E-state index contributed by atoms with van der Waals surface area (Å²) >= 11 is 0. The molecule has 5 rings (SSSR count). The van der Waals surface area contributed by atoms with Crippen molar-refractivity contribution in [3.05, 3.63) is 52.7 Å². The highest BCUT2D eigenvalue weighted by Gasteiger charge is 2.68. The van der Waals surface area contributed by atoms with Crippen LogP contribution in [0.15, 0.2) is 47.2 Å². The summed E-state index contributed by atoms with van der Waals surface area (Å²) in [7, 11) is 0. The van der Waals surface area contributed by atoms with E-state index in [-0.39, 0.29) is 5.41 Å². The molecular weight excluding hydrogens is 320 g/mol. The zero-order valence-electron chi connectivity index (χ0n) is 15.9. The van der Waals surface area contributed by atoms with Gasteiger partial charge in [0.15, 0.2) is 0 Å². The van der Waals surface area contributed by atoms with Crippen LogP contribution in [0.3, 0.4) is 0 Å². The number of nitrogens with zero attached hydrogens (tertiary/aromatic N) is 1. The second-order valence-corrected chi connectivity index (χ2v) is 8.69. The molecule has 0 aromatic heterocycles. The van der Waals surface area contributed by atoms with Gasteiger partial charge in [-0.15, -0.1) is 0 Å². The number of aldehydes is 1. The van der Waals surface area contributed by atoms with Crippen molar-refractivity contribution in [2.45, 2.75) is 51.0 Å². The highest BCUT2D eigenvalue weighted by atomic mass is 16.1. The molecule has 4 aliphatic rings. The standard InChI is InChI=1S/C23H28N2O/c1-3-5-11-25-12-10-23-19-8-6-7-9-20(19)24-22(23)18(15-26)17(13-21(23)25)16(4-2)14-25/h4,6-9,15,17,21H,3,5,10-14H2,1-2H3/p+1/t17-,21-,23+,25?/m0/s1. The fraction of sp³-hybridized carbons (Fsp3) is 0.522. The first-order valence-electron chi connectivity index (χ1n) is 10.3. The van der Waals surface area contributed by atoms with Crippen molar-refractivity contribution in [2.24, 2.45) is 5.92 Å². The third-order valence-corrected chi connectivity index (χ3v) is 7.82. The summed E-state index contributed by atoms with van der Waals surface area (Å²) in [4.78, 5) is 12.2.